The van der Waals surface area contributed by atoms with Crippen LogP contribution >= 0.6 is 0 Å². The molecule has 0 amide bonds. The summed E-state index contributed by atoms with van der Waals surface area (Å²) in [4.78, 5) is 0. The lowest BCUT2D eigenvalue weighted by Crippen LogP contribution is -2.10. The first kappa shape index (κ1) is 13.1. The van der Waals surface area contributed by atoms with Crippen LogP contribution < -0.4 is 0 Å². The van der Waals surface area contributed by atoms with Crippen LogP contribution in [0.15, 0.2) is 55.1 Å². The van der Waals surface area contributed by atoms with Gasteiger partial charge in [0.1, 0.15) is 5.82 Å². The number of allylic oxidation sites excluding steroid dienone is 1. The van der Waals surface area contributed by atoms with Gasteiger partial charge in [0.2, 0.25) is 0 Å². The lowest BCUT2D eigenvalue weighted by atomic mass is 9.86. The topological polar surface area (TPSA) is 20.2 Å². The fraction of sp³-hybridized carbons (Fsp3) is 0.222. The van der Waals surface area contributed by atoms with Crippen molar-refractivity contribution in [3.05, 3.63) is 83.2 Å². The first-order valence-corrected chi connectivity index (χ1v) is 6.86. The van der Waals surface area contributed by atoms with Crippen LogP contribution in [0.4, 0.5) is 4.39 Å². The molecule has 0 heterocycles. The van der Waals surface area contributed by atoms with E-state index in [9.17, 15) is 9.50 Å². The monoisotopic (exact) mass is 268 g/mol. The quantitative estimate of drug-likeness (QED) is 0.812. The van der Waals surface area contributed by atoms with Gasteiger partial charge in [-0.2, -0.15) is 0 Å². The van der Waals surface area contributed by atoms with Crippen molar-refractivity contribution >= 4 is 0 Å². The summed E-state index contributed by atoms with van der Waals surface area (Å²) in [6, 6.07) is 12.7. The molecule has 0 unspecified atom stereocenters. The van der Waals surface area contributed by atoms with Gasteiger partial charge in [-0.05, 0) is 47.2 Å². The molecule has 0 aliphatic heterocycles. The molecule has 2 atom stereocenters. The van der Waals surface area contributed by atoms with Gasteiger partial charge in [0.05, 0.1) is 6.10 Å². The lowest BCUT2D eigenvalue weighted by Gasteiger charge is -2.22. The number of rotatable bonds is 2. The predicted octanol–water partition coefficient (Wildman–Crippen LogP) is 4.12. The summed E-state index contributed by atoms with van der Waals surface area (Å²) in [5, 5.41) is 10.7. The molecule has 1 aliphatic carbocycles. The van der Waals surface area contributed by atoms with Crippen LogP contribution in [0.1, 0.15) is 40.7 Å². The second-order valence-corrected chi connectivity index (χ2v) is 5.29. The van der Waals surface area contributed by atoms with Gasteiger partial charge < -0.3 is 5.11 Å². The second-order valence-electron chi connectivity index (χ2n) is 5.29. The Hall–Kier alpha value is -1.93. The van der Waals surface area contributed by atoms with Crippen molar-refractivity contribution < 1.29 is 9.50 Å². The Labute approximate surface area is 118 Å². The third kappa shape index (κ3) is 2.16. The molecule has 102 valence electrons. The molecule has 2 aromatic rings. The van der Waals surface area contributed by atoms with Gasteiger partial charge in [0.15, 0.2) is 0 Å². The minimum Gasteiger partial charge on any atom is -0.388 e. The van der Waals surface area contributed by atoms with Crippen LogP contribution in [0.2, 0.25) is 0 Å². The fourth-order valence-electron chi connectivity index (χ4n) is 3.10. The Morgan fingerprint density at radius 1 is 1.15 bits per heavy atom. The van der Waals surface area contributed by atoms with Crippen LogP contribution in [-0.2, 0) is 6.42 Å². The number of aliphatic hydroxyl groups is 1. The van der Waals surface area contributed by atoms with Crippen LogP contribution in [-0.4, -0.2) is 5.11 Å². The summed E-state index contributed by atoms with van der Waals surface area (Å²) in [5.41, 5.74) is 3.99. The third-order valence-electron chi connectivity index (χ3n) is 4.06. The number of halogens is 1. The van der Waals surface area contributed by atoms with Crippen molar-refractivity contribution in [1.29, 1.82) is 0 Å². The second kappa shape index (κ2) is 5.22. The molecule has 0 spiro atoms. The van der Waals surface area contributed by atoms with E-state index in [1.165, 1.54) is 6.07 Å². The van der Waals surface area contributed by atoms with Gasteiger partial charge in [-0.3, -0.25) is 0 Å². The highest BCUT2D eigenvalue weighted by molar-refractivity contribution is 5.44. The largest absolute Gasteiger partial charge is 0.388 e. The number of hydrogen-bond donors (Lipinski definition) is 1. The molecule has 1 nitrogen and oxygen atoms in total. The summed E-state index contributed by atoms with van der Waals surface area (Å²) in [6.07, 6.45) is 2.58. The Balaban J connectivity index is 2.19. The van der Waals surface area contributed by atoms with Crippen LogP contribution in [0, 0.1) is 5.82 Å². The maximum Gasteiger partial charge on any atom is 0.123 e. The molecule has 0 bridgehead atoms. The van der Waals surface area contributed by atoms with Crippen LogP contribution in [0.3, 0.4) is 0 Å². The first-order chi connectivity index (χ1) is 9.70. The van der Waals surface area contributed by atoms with Crippen molar-refractivity contribution in [2.75, 3.05) is 0 Å². The predicted molar refractivity (Wildman–Crippen MR) is 78.2 cm³/mol. The van der Waals surface area contributed by atoms with Gasteiger partial charge in [-0.15, -0.1) is 6.58 Å². The molecular formula is C18H17FO. The molecule has 0 aromatic heterocycles. The standard InChI is InChI=1S/C18H17FO/c1-2-5-17-15-9-8-14(19)11-13(15)10-12-6-3-4-7-16(12)18(17)20/h2-4,6-9,11,17-18,20H,1,5,10H2/t17-,18-/m1/s1. The molecule has 0 saturated heterocycles. The number of fused-ring (bicyclic) bond motifs is 2. The lowest BCUT2D eigenvalue weighted by molar-refractivity contribution is 0.145. The van der Waals surface area contributed by atoms with Crippen molar-refractivity contribution in [2.24, 2.45) is 0 Å². The minimum absolute atomic E-state index is 0.0632. The maximum atomic E-state index is 13.5. The zero-order chi connectivity index (χ0) is 14.1. The van der Waals surface area contributed by atoms with Crippen molar-refractivity contribution in [3.8, 4) is 0 Å². The molecule has 1 aliphatic rings. The molecule has 0 radical (unpaired) electrons. The molecule has 2 heteroatoms. The highest BCUT2D eigenvalue weighted by Gasteiger charge is 2.29. The van der Waals surface area contributed by atoms with Crippen LogP contribution in [0.25, 0.3) is 0 Å². The summed E-state index contributed by atoms with van der Waals surface area (Å²) in [5.74, 6) is -0.290. The number of hydrogen-bond acceptors (Lipinski definition) is 1. The Bertz CT molecular complexity index is 648. The smallest absolute Gasteiger partial charge is 0.123 e. The van der Waals surface area contributed by atoms with Crippen LogP contribution in [0.5, 0.6) is 0 Å². The molecule has 0 saturated carbocycles. The van der Waals surface area contributed by atoms with Crippen molar-refractivity contribution in [3.63, 3.8) is 0 Å². The Morgan fingerprint density at radius 2 is 1.95 bits per heavy atom. The van der Waals surface area contributed by atoms with E-state index in [2.05, 4.69) is 6.58 Å². The average Bonchev–Trinajstić information content (AvgIpc) is 2.55. The zero-order valence-corrected chi connectivity index (χ0v) is 11.2. The molecule has 2 aromatic carbocycles. The van der Waals surface area contributed by atoms with Gasteiger partial charge in [-0.1, -0.05) is 36.4 Å². The fourth-order valence-corrected chi connectivity index (χ4v) is 3.10. The molecular weight excluding hydrogens is 251 g/mol. The SMILES string of the molecule is C=CC[C@@H]1c2ccc(F)cc2Cc2ccccc2[C@H]1O. The van der Waals surface area contributed by atoms with Gasteiger partial charge in [0.25, 0.3) is 0 Å². The molecule has 20 heavy (non-hydrogen) atoms. The average molecular weight is 268 g/mol. The van der Waals surface area contributed by atoms with Gasteiger partial charge in [-0.25, -0.2) is 4.39 Å². The normalized spacial score (nSPS) is 20.7. The van der Waals surface area contributed by atoms with Gasteiger partial charge in [0, 0.05) is 5.92 Å². The number of benzene rings is 2. The van der Waals surface area contributed by atoms with Gasteiger partial charge >= 0.3 is 0 Å². The van der Waals surface area contributed by atoms with E-state index in [-0.39, 0.29) is 11.7 Å². The summed E-state index contributed by atoms with van der Waals surface area (Å²) >= 11 is 0. The highest BCUT2D eigenvalue weighted by Crippen LogP contribution is 2.41. The van der Waals surface area contributed by atoms with E-state index in [1.807, 2.05) is 30.3 Å². The zero-order valence-electron chi connectivity index (χ0n) is 11.2. The van der Waals surface area contributed by atoms with Crippen molar-refractivity contribution in [2.45, 2.75) is 24.9 Å². The van der Waals surface area contributed by atoms with E-state index >= 15 is 0 Å². The van der Waals surface area contributed by atoms with E-state index in [1.54, 1.807) is 12.1 Å². The molecule has 3 rings (SSSR count). The third-order valence-corrected chi connectivity index (χ3v) is 4.06. The van der Waals surface area contributed by atoms with E-state index in [4.69, 9.17) is 0 Å². The number of aliphatic hydroxyl groups excluding tert-OH is 1. The minimum atomic E-state index is -0.573. The molecule has 1 N–H and O–H groups in total. The maximum absolute atomic E-state index is 13.5. The Morgan fingerprint density at radius 3 is 2.75 bits per heavy atom. The highest BCUT2D eigenvalue weighted by atomic mass is 19.1. The Kier molecular flexibility index (Phi) is 3.41. The van der Waals surface area contributed by atoms with E-state index in [0.717, 1.165) is 22.3 Å². The summed E-state index contributed by atoms with van der Waals surface area (Å²) < 4.78 is 13.5. The van der Waals surface area contributed by atoms with E-state index < -0.39 is 6.10 Å². The first-order valence-electron chi connectivity index (χ1n) is 6.86. The van der Waals surface area contributed by atoms with Crippen molar-refractivity contribution in [1.82, 2.24) is 0 Å². The summed E-state index contributed by atoms with van der Waals surface area (Å²) in [7, 11) is 0. The van der Waals surface area contributed by atoms with E-state index in [0.29, 0.717) is 12.8 Å². The summed E-state index contributed by atoms with van der Waals surface area (Å²) in [6.45, 7) is 3.78. The molecule has 0 fully saturated rings.